The van der Waals surface area contributed by atoms with E-state index in [2.05, 4.69) is 26.0 Å². The van der Waals surface area contributed by atoms with E-state index >= 15 is 0 Å². The molecule has 0 bridgehead atoms. The second-order valence-corrected chi connectivity index (χ2v) is 5.31. The van der Waals surface area contributed by atoms with E-state index < -0.39 is 6.36 Å². The third-order valence-corrected chi connectivity index (χ3v) is 3.56. The molecule has 0 radical (unpaired) electrons. The highest BCUT2D eigenvalue weighted by molar-refractivity contribution is 9.10. The van der Waals surface area contributed by atoms with Crippen molar-refractivity contribution in [2.24, 2.45) is 0 Å². The summed E-state index contributed by atoms with van der Waals surface area (Å²) in [7, 11) is 0. The smallest absolute Gasteiger partial charge is 0.406 e. The van der Waals surface area contributed by atoms with E-state index in [4.69, 9.17) is 0 Å². The van der Waals surface area contributed by atoms with Gasteiger partial charge >= 0.3 is 6.36 Å². The highest BCUT2D eigenvalue weighted by Crippen LogP contribution is 2.28. The number of hydrogen-bond donors (Lipinski definition) is 1. The second kappa shape index (κ2) is 6.39. The SMILES string of the molecule is CC(Nc1ccc(OC(F)(F)F)cc1)c1ccccc1Br. The van der Waals surface area contributed by atoms with Gasteiger partial charge in [0.1, 0.15) is 5.75 Å². The molecule has 2 rings (SSSR count). The van der Waals surface area contributed by atoms with Gasteiger partial charge < -0.3 is 10.1 Å². The summed E-state index contributed by atoms with van der Waals surface area (Å²) in [6.45, 7) is 1.97. The number of nitrogens with one attached hydrogen (secondary N) is 1. The number of anilines is 1. The molecule has 0 saturated heterocycles. The van der Waals surface area contributed by atoms with Gasteiger partial charge in [0, 0.05) is 16.2 Å². The summed E-state index contributed by atoms with van der Waals surface area (Å²) in [4.78, 5) is 0. The summed E-state index contributed by atoms with van der Waals surface area (Å²) in [6.07, 6.45) is -4.67. The predicted octanol–water partition coefficient (Wildman–Crippen LogP) is 5.52. The Bertz CT molecular complexity index is 599. The van der Waals surface area contributed by atoms with Gasteiger partial charge in [0.15, 0.2) is 0 Å². The fraction of sp³-hybridized carbons (Fsp3) is 0.200. The lowest BCUT2D eigenvalue weighted by atomic mass is 10.1. The molecule has 0 aliphatic carbocycles. The van der Waals surface area contributed by atoms with Crippen LogP contribution in [0, 0.1) is 0 Å². The van der Waals surface area contributed by atoms with Gasteiger partial charge in [0.2, 0.25) is 0 Å². The van der Waals surface area contributed by atoms with Crippen molar-refractivity contribution in [3.05, 3.63) is 58.6 Å². The molecular weight excluding hydrogens is 347 g/mol. The Kier molecular flexibility index (Phi) is 4.77. The molecule has 21 heavy (non-hydrogen) atoms. The fourth-order valence-electron chi connectivity index (χ4n) is 1.91. The normalized spacial score (nSPS) is 12.8. The predicted molar refractivity (Wildman–Crippen MR) is 79.3 cm³/mol. The second-order valence-electron chi connectivity index (χ2n) is 4.46. The van der Waals surface area contributed by atoms with Gasteiger partial charge in [-0.25, -0.2) is 0 Å². The minimum absolute atomic E-state index is 0.00922. The van der Waals surface area contributed by atoms with Gasteiger partial charge in [-0.15, -0.1) is 13.2 Å². The van der Waals surface area contributed by atoms with Crippen LogP contribution in [0.2, 0.25) is 0 Å². The van der Waals surface area contributed by atoms with Crippen molar-refractivity contribution in [3.63, 3.8) is 0 Å². The molecule has 0 amide bonds. The summed E-state index contributed by atoms with van der Waals surface area (Å²) in [5.74, 6) is -0.235. The lowest BCUT2D eigenvalue weighted by molar-refractivity contribution is -0.274. The Morgan fingerprint density at radius 3 is 2.24 bits per heavy atom. The average molecular weight is 360 g/mol. The van der Waals surface area contributed by atoms with Crippen molar-refractivity contribution >= 4 is 21.6 Å². The van der Waals surface area contributed by atoms with Crippen LogP contribution in [-0.4, -0.2) is 6.36 Å². The standard InChI is InChI=1S/C15H13BrF3NO/c1-10(13-4-2-3-5-14(13)16)20-11-6-8-12(9-7-11)21-15(17,18)19/h2-10,20H,1H3. The van der Waals surface area contributed by atoms with Crippen LogP contribution >= 0.6 is 15.9 Å². The molecule has 0 fully saturated rings. The highest BCUT2D eigenvalue weighted by Gasteiger charge is 2.30. The summed E-state index contributed by atoms with van der Waals surface area (Å²) >= 11 is 3.47. The van der Waals surface area contributed by atoms with Gasteiger partial charge in [-0.3, -0.25) is 0 Å². The highest BCUT2D eigenvalue weighted by atomic mass is 79.9. The van der Waals surface area contributed by atoms with Crippen molar-refractivity contribution in [2.45, 2.75) is 19.3 Å². The van der Waals surface area contributed by atoms with Crippen molar-refractivity contribution in [1.82, 2.24) is 0 Å². The molecule has 0 saturated carbocycles. The van der Waals surface area contributed by atoms with Crippen LogP contribution in [0.5, 0.6) is 5.75 Å². The van der Waals surface area contributed by atoms with E-state index in [-0.39, 0.29) is 11.8 Å². The van der Waals surface area contributed by atoms with Crippen LogP contribution < -0.4 is 10.1 Å². The molecule has 0 spiro atoms. The molecule has 1 unspecified atom stereocenters. The van der Waals surface area contributed by atoms with Crippen LogP contribution in [0.25, 0.3) is 0 Å². The van der Waals surface area contributed by atoms with Gasteiger partial charge in [-0.2, -0.15) is 0 Å². The Morgan fingerprint density at radius 2 is 1.67 bits per heavy atom. The largest absolute Gasteiger partial charge is 0.573 e. The van der Waals surface area contributed by atoms with Gasteiger partial charge in [-0.05, 0) is 42.8 Å². The number of rotatable bonds is 4. The maximum absolute atomic E-state index is 12.1. The Morgan fingerprint density at radius 1 is 1.05 bits per heavy atom. The first-order valence-corrected chi connectivity index (χ1v) is 7.01. The van der Waals surface area contributed by atoms with Gasteiger partial charge in [0.25, 0.3) is 0 Å². The minimum Gasteiger partial charge on any atom is -0.406 e. The number of hydrogen-bond acceptors (Lipinski definition) is 2. The lowest BCUT2D eigenvalue weighted by Crippen LogP contribution is -2.17. The number of halogens is 4. The third kappa shape index (κ3) is 4.67. The molecule has 0 aliphatic rings. The fourth-order valence-corrected chi connectivity index (χ4v) is 2.54. The van der Waals surface area contributed by atoms with Crippen LogP contribution in [0.3, 0.4) is 0 Å². The summed E-state index contributed by atoms with van der Waals surface area (Å²) in [5, 5.41) is 3.22. The van der Waals surface area contributed by atoms with Crippen molar-refractivity contribution in [3.8, 4) is 5.75 Å². The van der Waals surface area contributed by atoms with Crippen LogP contribution in [0.4, 0.5) is 18.9 Å². The van der Waals surface area contributed by atoms with E-state index in [0.717, 1.165) is 10.0 Å². The Balaban J connectivity index is 2.05. The van der Waals surface area contributed by atoms with Crippen molar-refractivity contribution in [1.29, 1.82) is 0 Å². The zero-order valence-corrected chi connectivity index (χ0v) is 12.7. The molecule has 2 aromatic carbocycles. The van der Waals surface area contributed by atoms with Gasteiger partial charge in [-0.1, -0.05) is 34.1 Å². The van der Waals surface area contributed by atoms with E-state index in [9.17, 15) is 13.2 Å². The minimum atomic E-state index is -4.67. The van der Waals surface area contributed by atoms with E-state index in [1.54, 1.807) is 12.1 Å². The average Bonchev–Trinajstić information content (AvgIpc) is 2.40. The van der Waals surface area contributed by atoms with Crippen molar-refractivity contribution in [2.75, 3.05) is 5.32 Å². The maximum Gasteiger partial charge on any atom is 0.573 e. The first kappa shape index (κ1) is 15.7. The van der Waals surface area contributed by atoms with Crippen LogP contribution in [-0.2, 0) is 0 Å². The zero-order valence-electron chi connectivity index (χ0n) is 11.1. The summed E-state index contributed by atoms with van der Waals surface area (Å²) in [5.41, 5.74) is 1.78. The molecule has 112 valence electrons. The molecule has 6 heteroatoms. The summed E-state index contributed by atoms with van der Waals surface area (Å²) < 4.78 is 41.0. The lowest BCUT2D eigenvalue weighted by Gasteiger charge is -2.17. The first-order valence-electron chi connectivity index (χ1n) is 6.22. The van der Waals surface area contributed by atoms with Gasteiger partial charge in [0.05, 0.1) is 0 Å². The van der Waals surface area contributed by atoms with Crippen molar-refractivity contribution < 1.29 is 17.9 Å². The first-order chi connectivity index (χ1) is 9.85. The maximum atomic E-state index is 12.1. The van der Waals surface area contributed by atoms with Crippen LogP contribution in [0.15, 0.2) is 53.0 Å². The molecule has 2 nitrogen and oxygen atoms in total. The zero-order chi connectivity index (χ0) is 15.5. The molecule has 0 heterocycles. The summed E-state index contributed by atoms with van der Waals surface area (Å²) in [6, 6.07) is 13.4. The molecular formula is C15H13BrF3NO. The molecule has 1 N–H and O–H groups in total. The molecule has 0 aromatic heterocycles. The number of ether oxygens (including phenoxy) is 1. The third-order valence-electron chi connectivity index (χ3n) is 2.84. The molecule has 2 aromatic rings. The Labute approximate surface area is 129 Å². The topological polar surface area (TPSA) is 21.3 Å². The van der Waals surface area contributed by atoms with Crippen LogP contribution in [0.1, 0.15) is 18.5 Å². The quantitative estimate of drug-likeness (QED) is 0.775. The number of alkyl halides is 3. The molecule has 0 aliphatic heterocycles. The monoisotopic (exact) mass is 359 g/mol. The molecule has 1 atom stereocenters. The number of benzene rings is 2. The van der Waals surface area contributed by atoms with E-state index in [1.165, 1.54) is 12.1 Å². The van der Waals surface area contributed by atoms with E-state index in [1.807, 2.05) is 31.2 Å². The van der Waals surface area contributed by atoms with E-state index in [0.29, 0.717) is 5.69 Å². The Hall–Kier alpha value is -1.69.